The number of hydrogen-bond donors (Lipinski definition) is 1. The largest absolute Gasteiger partial charge is 0.416 e. The number of anilines is 1. The number of benzene rings is 3. The molecule has 1 aliphatic heterocycles. The summed E-state index contributed by atoms with van der Waals surface area (Å²) in [4.78, 5) is 30.0. The van der Waals surface area contributed by atoms with Gasteiger partial charge >= 0.3 is 6.18 Å². The van der Waals surface area contributed by atoms with Crippen LogP contribution < -0.4 is 10.2 Å². The standard InChI is InChI=1S/C32H36F3N3O4S/c1-4-37(3)31(40)29-19-12-25(23-8-13-26(14-9-23)32(33,34)35)21-38(29)27-15-10-24(11-16-27)30(39)36-20-22-6-17-28(18-7-22)43(41,42)5-2/h6-11,13-18,25,29H,4-5,12,19-21H2,1-3H3,(H,36,39)/t25?,29-/m0/s1. The Bertz CT molecular complexity index is 1520. The zero-order chi connectivity index (χ0) is 31.4. The fourth-order valence-corrected chi connectivity index (χ4v) is 6.09. The number of carbonyl (C=O) groups excluding carboxylic acids is 2. The molecule has 3 aromatic carbocycles. The van der Waals surface area contributed by atoms with E-state index in [1.54, 1.807) is 55.3 Å². The Morgan fingerprint density at radius 2 is 1.56 bits per heavy atom. The fourth-order valence-electron chi connectivity index (χ4n) is 5.21. The van der Waals surface area contributed by atoms with E-state index in [-0.39, 0.29) is 34.9 Å². The highest BCUT2D eigenvalue weighted by Gasteiger charge is 2.36. The zero-order valence-corrected chi connectivity index (χ0v) is 25.2. The minimum absolute atomic E-state index is 0.0103. The average Bonchev–Trinajstić information content (AvgIpc) is 3.02. The third-order valence-corrected chi connectivity index (χ3v) is 9.75. The number of amides is 2. The molecule has 2 amide bonds. The SMILES string of the molecule is CCN(C)C(=O)[C@@H]1CCC(c2ccc(C(F)(F)F)cc2)CN1c1ccc(C(=O)NCc2ccc(S(=O)(=O)CC)cc2)cc1. The minimum atomic E-state index is -4.41. The summed E-state index contributed by atoms with van der Waals surface area (Å²) >= 11 is 0. The lowest BCUT2D eigenvalue weighted by Crippen LogP contribution is -2.51. The van der Waals surface area contributed by atoms with Gasteiger partial charge in [0.05, 0.1) is 16.2 Å². The molecule has 1 saturated heterocycles. The van der Waals surface area contributed by atoms with Crippen LogP contribution >= 0.6 is 0 Å². The Hall–Kier alpha value is -3.86. The molecule has 0 spiro atoms. The van der Waals surface area contributed by atoms with Gasteiger partial charge in [-0.3, -0.25) is 9.59 Å². The highest BCUT2D eigenvalue weighted by atomic mass is 32.2. The summed E-state index contributed by atoms with van der Waals surface area (Å²) in [5, 5.41) is 2.84. The number of likely N-dealkylation sites (N-methyl/N-ethyl adjacent to an activating group) is 1. The third-order valence-electron chi connectivity index (χ3n) is 8.00. The molecule has 1 N–H and O–H groups in total. The predicted octanol–water partition coefficient (Wildman–Crippen LogP) is 5.66. The van der Waals surface area contributed by atoms with Crippen LogP contribution in [0.2, 0.25) is 0 Å². The van der Waals surface area contributed by atoms with Crippen molar-refractivity contribution in [2.75, 3.05) is 30.8 Å². The summed E-state index contributed by atoms with van der Waals surface area (Å²) in [6.07, 6.45) is -3.22. The summed E-state index contributed by atoms with van der Waals surface area (Å²) in [5.74, 6) is -0.402. The molecule has 0 bridgehead atoms. The van der Waals surface area contributed by atoms with Crippen LogP contribution in [0.4, 0.5) is 18.9 Å². The van der Waals surface area contributed by atoms with E-state index in [0.29, 0.717) is 31.5 Å². The molecule has 43 heavy (non-hydrogen) atoms. The van der Waals surface area contributed by atoms with Crippen molar-refractivity contribution >= 4 is 27.3 Å². The van der Waals surface area contributed by atoms with E-state index in [4.69, 9.17) is 0 Å². The Labute approximate surface area is 250 Å². The van der Waals surface area contributed by atoms with Gasteiger partial charge in [-0.2, -0.15) is 13.2 Å². The van der Waals surface area contributed by atoms with Gasteiger partial charge in [0.25, 0.3) is 5.91 Å². The van der Waals surface area contributed by atoms with E-state index < -0.39 is 27.6 Å². The van der Waals surface area contributed by atoms with E-state index >= 15 is 0 Å². The second-order valence-corrected chi connectivity index (χ2v) is 13.0. The number of halogens is 3. The summed E-state index contributed by atoms with van der Waals surface area (Å²) in [5.41, 5.74) is 1.99. The van der Waals surface area contributed by atoms with Gasteiger partial charge in [-0.05, 0) is 79.4 Å². The smallest absolute Gasteiger partial charge is 0.359 e. The van der Waals surface area contributed by atoms with Crippen LogP contribution in [-0.4, -0.2) is 57.1 Å². The van der Waals surface area contributed by atoms with Crippen LogP contribution in [0.5, 0.6) is 0 Å². The summed E-state index contributed by atoms with van der Waals surface area (Å²) in [6.45, 7) is 4.68. The molecule has 1 unspecified atom stereocenters. The monoisotopic (exact) mass is 615 g/mol. The van der Waals surface area contributed by atoms with Crippen molar-refractivity contribution in [3.05, 3.63) is 95.1 Å². The van der Waals surface area contributed by atoms with Gasteiger partial charge < -0.3 is 15.1 Å². The van der Waals surface area contributed by atoms with Crippen LogP contribution in [0, 0.1) is 0 Å². The molecule has 7 nitrogen and oxygen atoms in total. The molecule has 3 aromatic rings. The molecule has 0 aromatic heterocycles. The maximum absolute atomic E-state index is 13.3. The Kier molecular flexibility index (Phi) is 9.84. The van der Waals surface area contributed by atoms with Gasteiger partial charge in [0, 0.05) is 43.9 Å². The molecule has 0 saturated carbocycles. The topological polar surface area (TPSA) is 86.8 Å². The number of alkyl halides is 3. The Balaban J connectivity index is 1.48. The number of nitrogens with zero attached hydrogens (tertiary/aromatic N) is 2. The molecular weight excluding hydrogens is 579 g/mol. The van der Waals surface area contributed by atoms with E-state index in [9.17, 15) is 31.2 Å². The number of sulfone groups is 1. The van der Waals surface area contributed by atoms with E-state index in [2.05, 4.69) is 5.32 Å². The second-order valence-electron chi connectivity index (χ2n) is 10.7. The first-order chi connectivity index (χ1) is 20.3. The van der Waals surface area contributed by atoms with Crippen LogP contribution in [0.25, 0.3) is 0 Å². The first kappa shape index (κ1) is 32.1. The van der Waals surface area contributed by atoms with Crippen LogP contribution in [-0.2, 0) is 27.4 Å². The molecule has 0 radical (unpaired) electrons. The lowest BCUT2D eigenvalue weighted by molar-refractivity contribution is -0.137. The highest BCUT2D eigenvalue weighted by molar-refractivity contribution is 7.91. The zero-order valence-electron chi connectivity index (χ0n) is 24.4. The van der Waals surface area contributed by atoms with Crippen molar-refractivity contribution in [1.29, 1.82) is 0 Å². The summed E-state index contributed by atoms with van der Waals surface area (Å²) in [7, 11) is -1.56. The van der Waals surface area contributed by atoms with Crippen molar-refractivity contribution in [2.45, 2.75) is 56.3 Å². The molecule has 1 heterocycles. The Morgan fingerprint density at radius 3 is 2.12 bits per heavy atom. The summed E-state index contributed by atoms with van der Waals surface area (Å²) < 4.78 is 63.3. The predicted molar refractivity (Wildman–Crippen MR) is 160 cm³/mol. The van der Waals surface area contributed by atoms with E-state index in [0.717, 1.165) is 28.9 Å². The van der Waals surface area contributed by atoms with Gasteiger partial charge in [-0.1, -0.05) is 31.2 Å². The quantitative estimate of drug-likeness (QED) is 0.336. The van der Waals surface area contributed by atoms with Crippen molar-refractivity contribution in [3.8, 4) is 0 Å². The highest BCUT2D eigenvalue weighted by Crippen LogP contribution is 2.36. The fraction of sp³-hybridized carbons (Fsp3) is 0.375. The van der Waals surface area contributed by atoms with Crippen molar-refractivity contribution in [3.63, 3.8) is 0 Å². The third kappa shape index (κ3) is 7.57. The lowest BCUT2D eigenvalue weighted by atomic mass is 9.86. The number of carbonyl (C=O) groups is 2. The summed E-state index contributed by atoms with van der Waals surface area (Å²) in [6, 6.07) is 18.1. The average molecular weight is 616 g/mol. The van der Waals surface area contributed by atoms with Gasteiger partial charge in [0.1, 0.15) is 6.04 Å². The van der Waals surface area contributed by atoms with Gasteiger partial charge in [-0.15, -0.1) is 0 Å². The van der Waals surface area contributed by atoms with E-state index in [1.807, 2.05) is 11.8 Å². The Morgan fingerprint density at radius 1 is 0.930 bits per heavy atom. The van der Waals surface area contributed by atoms with Crippen molar-refractivity contribution < 1.29 is 31.2 Å². The first-order valence-electron chi connectivity index (χ1n) is 14.2. The molecule has 1 aliphatic rings. The number of rotatable bonds is 9. The molecule has 230 valence electrons. The van der Waals surface area contributed by atoms with Crippen molar-refractivity contribution in [1.82, 2.24) is 10.2 Å². The number of piperidine rings is 1. The molecule has 4 rings (SSSR count). The molecule has 11 heteroatoms. The van der Waals surface area contributed by atoms with Crippen molar-refractivity contribution in [2.24, 2.45) is 0 Å². The lowest BCUT2D eigenvalue weighted by Gasteiger charge is -2.42. The van der Waals surface area contributed by atoms with Gasteiger partial charge in [0.2, 0.25) is 5.91 Å². The van der Waals surface area contributed by atoms with Crippen LogP contribution in [0.15, 0.2) is 77.7 Å². The molecular formula is C32H36F3N3O4S. The molecule has 0 aliphatic carbocycles. The normalized spacial score (nSPS) is 17.4. The van der Waals surface area contributed by atoms with E-state index in [1.165, 1.54) is 24.3 Å². The number of nitrogens with one attached hydrogen (secondary N) is 1. The first-order valence-corrected chi connectivity index (χ1v) is 15.9. The molecule has 1 fully saturated rings. The second kappa shape index (κ2) is 13.2. The number of hydrogen-bond acceptors (Lipinski definition) is 5. The van der Waals surface area contributed by atoms with Crippen LogP contribution in [0.3, 0.4) is 0 Å². The minimum Gasteiger partial charge on any atom is -0.359 e. The molecule has 2 atom stereocenters. The van der Waals surface area contributed by atoms with Gasteiger partial charge in [-0.25, -0.2) is 8.42 Å². The maximum Gasteiger partial charge on any atom is 0.416 e. The van der Waals surface area contributed by atoms with Gasteiger partial charge in [0.15, 0.2) is 9.84 Å². The maximum atomic E-state index is 13.3. The van der Waals surface area contributed by atoms with Crippen LogP contribution in [0.1, 0.15) is 59.7 Å².